The molecule has 0 spiro atoms. The smallest absolute Gasteiger partial charge is 0.405 e. The zero-order chi connectivity index (χ0) is 13.8. The summed E-state index contributed by atoms with van der Waals surface area (Å²) in [6.07, 6.45) is 0.603. The molecule has 0 saturated heterocycles. The van der Waals surface area contributed by atoms with Crippen LogP contribution in [0.3, 0.4) is 0 Å². The summed E-state index contributed by atoms with van der Waals surface area (Å²) >= 11 is 6.03. The van der Waals surface area contributed by atoms with Crippen LogP contribution in [0, 0.1) is 0 Å². The number of aromatic nitrogens is 1. The van der Waals surface area contributed by atoms with E-state index in [1.165, 1.54) is 0 Å². The van der Waals surface area contributed by atoms with Crippen molar-refractivity contribution in [3.8, 4) is 11.1 Å². The molecule has 5 heteroatoms. The van der Waals surface area contributed by atoms with E-state index in [1.54, 1.807) is 13.1 Å². The fourth-order valence-corrected chi connectivity index (χ4v) is 2.05. The topological polar surface area (TPSA) is 62.2 Å². The second-order valence-electron chi connectivity index (χ2n) is 4.13. The van der Waals surface area contributed by atoms with E-state index in [1.807, 2.05) is 36.4 Å². The number of carboxylic acid groups (broad SMARTS) is 1. The number of nitrogens with zero attached hydrogens (tertiary/aromatic N) is 1. The molecule has 0 saturated carbocycles. The van der Waals surface area contributed by atoms with Crippen LogP contribution in [-0.4, -0.2) is 16.2 Å². The largest absolute Gasteiger partial charge is 0.465 e. The Morgan fingerprint density at radius 2 is 2.00 bits per heavy atom. The van der Waals surface area contributed by atoms with E-state index in [-0.39, 0.29) is 6.04 Å². The summed E-state index contributed by atoms with van der Waals surface area (Å²) in [5, 5.41) is 11.5. The molecule has 0 radical (unpaired) electrons. The standard InChI is InChI=1S/C14H13ClN2O2/c1-9(17-14(18)19)10-4-6-11(7-5-10)12-3-2-8-16-13(12)15/h2-9,17H,1H3,(H,18,19). The number of pyridine rings is 1. The number of carbonyl (C=O) groups is 1. The lowest BCUT2D eigenvalue weighted by Gasteiger charge is -2.12. The van der Waals surface area contributed by atoms with Crippen molar-refractivity contribution in [2.75, 3.05) is 0 Å². The van der Waals surface area contributed by atoms with Crippen LogP contribution >= 0.6 is 11.6 Å². The molecular formula is C14H13ClN2O2. The molecule has 2 rings (SSSR count). The van der Waals surface area contributed by atoms with Gasteiger partial charge < -0.3 is 10.4 Å². The summed E-state index contributed by atoms with van der Waals surface area (Å²) in [5.41, 5.74) is 2.70. The first-order valence-corrected chi connectivity index (χ1v) is 6.16. The lowest BCUT2D eigenvalue weighted by molar-refractivity contribution is 0.191. The number of amides is 1. The molecule has 1 atom stereocenters. The Kier molecular flexibility index (Phi) is 4.02. The van der Waals surface area contributed by atoms with E-state index >= 15 is 0 Å². The highest BCUT2D eigenvalue weighted by Gasteiger charge is 2.09. The Bertz CT molecular complexity index is 584. The summed E-state index contributed by atoms with van der Waals surface area (Å²) in [7, 11) is 0. The van der Waals surface area contributed by atoms with Crippen molar-refractivity contribution < 1.29 is 9.90 Å². The predicted octanol–water partition coefficient (Wildman–Crippen LogP) is 3.73. The highest BCUT2D eigenvalue weighted by molar-refractivity contribution is 6.32. The van der Waals surface area contributed by atoms with Crippen molar-refractivity contribution in [3.05, 3.63) is 53.3 Å². The van der Waals surface area contributed by atoms with Crippen LogP contribution in [0.5, 0.6) is 0 Å². The molecule has 2 aromatic rings. The minimum Gasteiger partial charge on any atom is -0.465 e. The third kappa shape index (κ3) is 3.23. The monoisotopic (exact) mass is 276 g/mol. The van der Waals surface area contributed by atoms with Crippen molar-refractivity contribution in [2.45, 2.75) is 13.0 Å². The Labute approximate surface area is 116 Å². The Balaban J connectivity index is 2.24. The second kappa shape index (κ2) is 5.71. The SMILES string of the molecule is CC(NC(=O)O)c1ccc(-c2cccnc2Cl)cc1. The van der Waals surface area contributed by atoms with Crippen LogP contribution in [-0.2, 0) is 0 Å². The van der Waals surface area contributed by atoms with E-state index in [0.29, 0.717) is 5.15 Å². The Hall–Kier alpha value is -2.07. The molecular weight excluding hydrogens is 264 g/mol. The molecule has 4 nitrogen and oxygen atoms in total. The van der Waals surface area contributed by atoms with Gasteiger partial charge in [-0.3, -0.25) is 0 Å². The number of benzene rings is 1. The highest BCUT2D eigenvalue weighted by atomic mass is 35.5. The minimum absolute atomic E-state index is 0.254. The minimum atomic E-state index is -1.04. The number of rotatable bonds is 3. The van der Waals surface area contributed by atoms with Crippen LogP contribution in [0.25, 0.3) is 11.1 Å². The fourth-order valence-electron chi connectivity index (χ4n) is 1.82. The summed E-state index contributed by atoms with van der Waals surface area (Å²) in [6, 6.07) is 11.0. The van der Waals surface area contributed by atoms with E-state index in [4.69, 9.17) is 16.7 Å². The van der Waals surface area contributed by atoms with Crippen molar-refractivity contribution in [1.82, 2.24) is 10.3 Å². The third-order valence-corrected chi connectivity index (χ3v) is 3.12. The maximum atomic E-state index is 10.6. The Morgan fingerprint density at radius 1 is 1.32 bits per heavy atom. The molecule has 1 aromatic heterocycles. The van der Waals surface area contributed by atoms with E-state index in [0.717, 1.165) is 16.7 Å². The fraction of sp³-hybridized carbons (Fsp3) is 0.143. The molecule has 0 aliphatic rings. The maximum Gasteiger partial charge on any atom is 0.405 e. The van der Waals surface area contributed by atoms with Crippen LogP contribution < -0.4 is 5.32 Å². The summed E-state index contributed by atoms with van der Waals surface area (Å²) in [6.45, 7) is 1.79. The van der Waals surface area contributed by atoms with Gasteiger partial charge in [-0.25, -0.2) is 9.78 Å². The molecule has 98 valence electrons. The van der Waals surface area contributed by atoms with Crippen LogP contribution in [0.4, 0.5) is 4.79 Å². The van der Waals surface area contributed by atoms with Crippen molar-refractivity contribution in [3.63, 3.8) is 0 Å². The molecule has 0 bridgehead atoms. The van der Waals surface area contributed by atoms with Gasteiger partial charge in [-0.15, -0.1) is 0 Å². The number of halogens is 1. The molecule has 1 aromatic carbocycles. The van der Waals surface area contributed by atoms with E-state index in [9.17, 15) is 4.79 Å². The summed E-state index contributed by atoms with van der Waals surface area (Å²) < 4.78 is 0. The van der Waals surface area contributed by atoms with Crippen LogP contribution in [0.2, 0.25) is 5.15 Å². The quantitative estimate of drug-likeness (QED) is 0.840. The van der Waals surface area contributed by atoms with Crippen molar-refractivity contribution in [2.24, 2.45) is 0 Å². The van der Waals surface area contributed by atoms with Gasteiger partial charge >= 0.3 is 6.09 Å². The van der Waals surface area contributed by atoms with Gasteiger partial charge in [-0.1, -0.05) is 35.9 Å². The van der Waals surface area contributed by atoms with Gasteiger partial charge in [-0.05, 0) is 30.2 Å². The van der Waals surface area contributed by atoms with Gasteiger partial charge in [0.1, 0.15) is 5.15 Å². The lowest BCUT2D eigenvalue weighted by Crippen LogP contribution is -2.24. The van der Waals surface area contributed by atoms with Gasteiger partial charge in [0.15, 0.2) is 0 Å². The maximum absolute atomic E-state index is 10.6. The second-order valence-corrected chi connectivity index (χ2v) is 4.49. The molecule has 0 fully saturated rings. The highest BCUT2D eigenvalue weighted by Crippen LogP contribution is 2.26. The predicted molar refractivity (Wildman–Crippen MR) is 74.3 cm³/mol. The van der Waals surface area contributed by atoms with Crippen molar-refractivity contribution >= 4 is 17.7 Å². The third-order valence-electron chi connectivity index (χ3n) is 2.82. The number of hydrogen-bond acceptors (Lipinski definition) is 2. The number of nitrogens with one attached hydrogen (secondary N) is 1. The van der Waals surface area contributed by atoms with Gasteiger partial charge in [0.25, 0.3) is 0 Å². The first kappa shape index (κ1) is 13.4. The van der Waals surface area contributed by atoms with Crippen LogP contribution in [0.15, 0.2) is 42.6 Å². The van der Waals surface area contributed by atoms with Gasteiger partial charge in [0, 0.05) is 11.8 Å². The zero-order valence-electron chi connectivity index (χ0n) is 10.3. The molecule has 1 amide bonds. The molecule has 19 heavy (non-hydrogen) atoms. The van der Waals surface area contributed by atoms with Crippen LogP contribution in [0.1, 0.15) is 18.5 Å². The van der Waals surface area contributed by atoms with Crippen molar-refractivity contribution in [1.29, 1.82) is 0 Å². The zero-order valence-corrected chi connectivity index (χ0v) is 11.1. The summed E-state index contributed by atoms with van der Waals surface area (Å²) in [4.78, 5) is 14.6. The lowest BCUT2D eigenvalue weighted by atomic mass is 10.0. The van der Waals surface area contributed by atoms with E-state index in [2.05, 4.69) is 10.3 Å². The Morgan fingerprint density at radius 3 is 2.58 bits per heavy atom. The number of hydrogen-bond donors (Lipinski definition) is 2. The van der Waals surface area contributed by atoms with Gasteiger partial charge in [-0.2, -0.15) is 0 Å². The van der Waals surface area contributed by atoms with Gasteiger partial charge in [0.05, 0.1) is 6.04 Å². The molecule has 0 aliphatic carbocycles. The molecule has 0 aliphatic heterocycles. The normalized spacial score (nSPS) is 11.9. The van der Waals surface area contributed by atoms with Gasteiger partial charge in [0.2, 0.25) is 0 Å². The molecule has 2 N–H and O–H groups in total. The summed E-state index contributed by atoms with van der Waals surface area (Å²) in [5.74, 6) is 0. The molecule has 1 unspecified atom stereocenters. The average molecular weight is 277 g/mol. The molecule has 1 heterocycles. The average Bonchev–Trinajstić information content (AvgIpc) is 2.39. The first-order valence-electron chi connectivity index (χ1n) is 5.78. The first-order chi connectivity index (χ1) is 9.08. The van der Waals surface area contributed by atoms with E-state index < -0.39 is 6.09 Å².